The lowest BCUT2D eigenvalue weighted by Crippen LogP contribution is -2.18. The summed E-state index contributed by atoms with van der Waals surface area (Å²) >= 11 is 0. The van der Waals surface area contributed by atoms with Crippen LogP contribution >= 0.6 is 0 Å². The molecule has 0 aliphatic rings. The lowest BCUT2D eigenvalue weighted by atomic mass is 10.3. The van der Waals surface area contributed by atoms with Crippen LogP contribution in [-0.2, 0) is 9.47 Å². The molecule has 1 unspecified atom stereocenters. The molecule has 0 aromatic carbocycles. The highest BCUT2D eigenvalue weighted by atomic mass is 16.5. The molecule has 15 heavy (non-hydrogen) atoms. The van der Waals surface area contributed by atoms with Gasteiger partial charge in [0.05, 0.1) is 25.9 Å². The van der Waals surface area contributed by atoms with E-state index in [1.807, 2.05) is 13.8 Å². The van der Waals surface area contributed by atoms with E-state index in [0.29, 0.717) is 32.8 Å². The van der Waals surface area contributed by atoms with E-state index in [0.717, 1.165) is 11.1 Å². The van der Waals surface area contributed by atoms with E-state index >= 15 is 0 Å². The van der Waals surface area contributed by atoms with Crippen molar-refractivity contribution >= 4 is 0 Å². The first-order chi connectivity index (χ1) is 7.02. The summed E-state index contributed by atoms with van der Waals surface area (Å²) in [6.45, 7) is 13.2. The van der Waals surface area contributed by atoms with Crippen molar-refractivity contribution in [1.82, 2.24) is 0 Å². The van der Waals surface area contributed by atoms with Crippen molar-refractivity contribution in [2.24, 2.45) is 0 Å². The highest BCUT2D eigenvalue weighted by molar-refractivity contribution is 4.87. The van der Waals surface area contributed by atoms with Crippen LogP contribution in [0.5, 0.6) is 0 Å². The fourth-order valence-corrected chi connectivity index (χ4v) is 0.918. The summed E-state index contributed by atoms with van der Waals surface area (Å²) in [6, 6.07) is 0. The number of aliphatic hydroxyl groups is 1. The highest BCUT2D eigenvalue weighted by Crippen LogP contribution is 1.97. The van der Waals surface area contributed by atoms with E-state index in [1.54, 1.807) is 0 Å². The summed E-state index contributed by atoms with van der Waals surface area (Å²) in [7, 11) is 0. The summed E-state index contributed by atoms with van der Waals surface area (Å²) in [4.78, 5) is 0. The molecule has 88 valence electrons. The summed E-state index contributed by atoms with van der Waals surface area (Å²) < 4.78 is 10.5. The van der Waals surface area contributed by atoms with Crippen molar-refractivity contribution in [3.8, 4) is 0 Å². The van der Waals surface area contributed by atoms with Crippen LogP contribution in [-0.4, -0.2) is 37.6 Å². The molecule has 0 rings (SSSR count). The van der Waals surface area contributed by atoms with E-state index in [9.17, 15) is 5.11 Å². The first kappa shape index (κ1) is 14.4. The average Bonchev–Trinajstić information content (AvgIpc) is 2.11. The molecule has 3 nitrogen and oxygen atoms in total. The first-order valence-electron chi connectivity index (χ1n) is 5.14. The maximum Gasteiger partial charge on any atom is 0.0795 e. The van der Waals surface area contributed by atoms with Crippen molar-refractivity contribution in [3.63, 3.8) is 0 Å². The number of hydrogen-bond donors (Lipinski definition) is 1. The monoisotopic (exact) mass is 214 g/mol. The van der Waals surface area contributed by atoms with Gasteiger partial charge >= 0.3 is 0 Å². The predicted molar refractivity (Wildman–Crippen MR) is 61.9 cm³/mol. The van der Waals surface area contributed by atoms with Gasteiger partial charge in [0.1, 0.15) is 0 Å². The Labute approximate surface area is 92.4 Å². The molecule has 3 heteroatoms. The van der Waals surface area contributed by atoms with Gasteiger partial charge in [-0.05, 0) is 20.3 Å². The van der Waals surface area contributed by atoms with Gasteiger partial charge in [0.2, 0.25) is 0 Å². The fourth-order valence-electron chi connectivity index (χ4n) is 0.918. The molecule has 0 saturated heterocycles. The van der Waals surface area contributed by atoms with Crippen molar-refractivity contribution in [2.45, 2.75) is 26.4 Å². The van der Waals surface area contributed by atoms with E-state index in [-0.39, 0.29) is 0 Å². The van der Waals surface area contributed by atoms with E-state index in [4.69, 9.17) is 9.47 Å². The van der Waals surface area contributed by atoms with Crippen molar-refractivity contribution in [2.75, 3.05) is 26.4 Å². The molecule has 0 aromatic rings. The third kappa shape index (κ3) is 11.3. The zero-order valence-corrected chi connectivity index (χ0v) is 9.79. The molecular weight excluding hydrogens is 192 g/mol. The SMILES string of the molecule is C=C(C)COCCC(O)COCC(=C)C. The normalized spacial score (nSPS) is 12.5. The summed E-state index contributed by atoms with van der Waals surface area (Å²) in [6.07, 6.45) is 0.123. The Morgan fingerprint density at radius 3 is 2.20 bits per heavy atom. The van der Waals surface area contributed by atoms with E-state index in [2.05, 4.69) is 13.2 Å². The quantitative estimate of drug-likeness (QED) is 0.471. The number of hydrogen-bond acceptors (Lipinski definition) is 3. The van der Waals surface area contributed by atoms with Crippen LogP contribution in [0.25, 0.3) is 0 Å². The van der Waals surface area contributed by atoms with Crippen LogP contribution in [0.2, 0.25) is 0 Å². The molecule has 1 N–H and O–H groups in total. The molecular formula is C12H22O3. The summed E-state index contributed by atoms with van der Waals surface area (Å²) in [5.41, 5.74) is 1.95. The maximum absolute atomic E-state index is 9.47. The molecule has 1 atom stereocenters. The van der Waals surface area contributed by atoms with Crippen LogP contribution in [0.15, 0.2) is 24.3 Å². The Balaban J connectivity index is 3.29. The Kier molecular flexibility index (Phi) is 8.28. The number of rotatable bonds is 9. The summed E-state index contributed by atoms with van der Waals surface area (Å²) in [5, 5.41) is 9.47. The third-order valence-corrected chi connectivity index (χ3v) is 1.60. The van der Waals surface area contributed by atoms with Crippen molar-refractivity contribution < 1.29 is 14.6 Å². The third-order valence-electron chi connectivity index (χ3n) is 1.60. The fraction of sp³-hybridized carbons (Fsp3) is 0.667. The van der Waals surface area contributed by atoms with Gasteiger partial charge in [-0.1, -0.05) is 24.3 Å². The molecule has 0 aromatic heterocycles. The van der Waals surface area contributed by atoms with Crippen LogP contribution in [0.4, 0.5) is 0 Å². The lowest BCUT2D eigenvalue weighted by molar-refractivity contribution is 0.0232. The van der Waals surface area contributed by atoms with Gasteiger partial charge in [0, 0.05) is 6.61 Å². The second kappa shape index (κ2) is 8.65. The maximum atomic E-state index is 9.47. The molecule has 0 radical (unpaired) electrons. The number of aliphatic hydroxyl groups excluding tert-OH is 1. The Morgan fingerprint density at radius 1 is 1.13 bits per heavy atom. The van der Waals surface area contributed by atoms with Gasteiger partial charge in [-0.2, -0.15) is 0 Å². The minimum absolute atomic E-state index is 0.337. The zero-order chi connectivity index (χ0) is 11.7. The molecule has 0 fully saturated rings. The van der Waals surface area contributed by atoms with Crippen LogP contribution < -0.4 is 0 Å². The molecule has 0 aliphatic heterocycles. The van der Waals surface area contributed by atoms with Gasteiger partial charge in [-0.25, -0.2) is 0 Å². The lowest BCUT2D eigenvalue weighted by Gasteiger charge is -2.11. The molecule has 0 saturated carbocycles. The van der Waals surface area contributed by atoms with Gasteiger partial charge in [-0.15, -0.1) is 0 Å². The van der Waals surface area contributed by atoms with Crippen molar-refractivity contribution in [1.29, 1.82) is 0 Å². The average molecular weight is 214 g/mol. The first-order valence-corrected chi connectivity index (χ1v) is 5.14. The van der Waals surface area contributed by atoms with Crippen LogP contribution in [0, 0.1) is 0 Å². The molecule has 0 aliphatic carbocycles. The van der Waals surface area contributed by atoms with Crippen molar-refractivity contribution in [3.05, 3.63) is 24.3 Å². The highest BCUT2D eigenvalue weighted by Gasteiger charge is 2.03. The van der Waals surface area contributed by atoms with Gasteiger partial charge < -0.3 is 14.6 Å². The standard InChI is InChI=1S/C12H22O3/c1-10(2)7-14-6-5-12(13)9-15-8-11(3)4/h12-13H,1,3,5-9H2,2,4H3. The topological polar surface area (TPSA) is 38.7 Å². The Morgan fingerprint density at radius 2 is 1.67 bits per heavy atom. The Hall–Kier alpha value is -0.640. The zero-order valence-electron chi connectivity index (χ0n) is 9.79. The van der Waals surface area contributed by atoms with E-state index < -0.39 is 6.10 Å². The van der Waals surface area contributed by atoms with Crippen LogP contribution in [0.3, 0.4) is 0 Å². The summed E-state index contributed by atoms with van der Waals surface area (Å²) in [5.74, 6) is 0. The van der Waals surface area contributed by atoms with Gasteiger partial charge in [-0.3, -0.25) is 0 Å². The Bertz CT molecular complexity index is 199. The largest absolute Gasteiger partial charge is 0.391 e. The molecule has 0 heterocycles. The van der Waals surface area contributed by atoms with E-state index in [1.165, 1.54) is 0 Å². The van der Waals surface area contributed by atoms with Gasteiger partial charge in [0.15, 0.2) is 0 Å². The molecule has 0 amide bonds. The smallest absolute Gasteiger partial charge is 0.0795 e. The predicted octanol–water partition coefficient (Wildman–Crippen LogP) is 1.92. The van der Waals surface area contributed by atoms with Crippen LogP contribution in [0.1, 0.15) is 20.3 Å². The second-order valence-corrected chi connectivity index (χ2v) is 3.92. The molecule has 0 spiro atoms. The minimum Gasteiger partial charge on any atom is -0.391 e. The molecule has 0 bridgehead atoms. The minimum atomic E-state index is -0.463. The number of ether oxygens (including phenoxy) is 2. The van der Waals surface area contributed by atoms with Gasteiger partial charge in [0.25, 0.3) is 0 Å². The second-order valence-electron chi connectivity index (χ2n) is 3.92.